The van der Waals surface area contributed by atoms with Gasteiger partial charge in [0.2, 0.25) is 0 Å². The first kappa shape index (κ1) is 10.8. The highest BCUT2D eigenvalue weighted by Crippen LogP contribution is 2.23. The van der Waals surface area contributed by atoms with E-state index in [0.29, 0.717) is 0 Å². The highest BCUT2D eigenvalue weighted by atomic mass is 16.5. The molecular formula is C14H17NO2. The molecule has 17 heavy (non-hydrogen) atoms. The van der Waals surface area contributed by atoms with Crippen molar-refractivity contribution < 1.29 is 9.15 Å². The molecule has 0 N–H and O–H groups in total. The quantitative estimate of drug-likeness (QED) is 0.794. The lowest BCUT2D eigenvalue weighted by Gasteiger charge is -2.25. The molecule has 1 aromatic carbocycles. The van der Waals surface area contributed by atoms with Crippen molar-refractivity contribution in [3.8, 4) is 0 Å². The molecule has 2 heterocycles. The van der Waals surface area contributed by atoms with Gasteiger partial charge in [-0.25, -0.2) is 0 Å². The molecule has 0 bridgehead atoms. The zero-order valence-corrected chi connectivity index (χ0v) is 10.1. The van der Waals surface area contributed by atoms with Gasteiger partial charge < -0.3 is 9.15 Å². The van der Waals surface area contributed by atoms with E-state index in [2.05, 4.69) is 36.1 Å². The minimum absolute atomic E-state index is 0.833. The van der Waals surface area contributed by atoms with Crippen molar-refractivity contribution in [2.75, 3.05) is 26.3 Å². The molecule has 3 nitrogen and oxygen atoms in total. The van der Waals surface area contributed by atoms with E-state index in [0.717, 1.165) is 44.2 Å². The van der Waals surface area contributed by atoms with Crippen molar-refractivity contribution in [1.29, 1.82) is 0 Å². The zero-order valence-electron chi connectivity index (χ0n) is 10.1. The number of fused-ring (bicyclic) bond motifs is 1. The molecule has 0 saturated carbocycles. The standard InChI is InChI=1S/C14H17NO2/c1-11-3-2-4-12-9-13(17-14(11)12)10-15-5-7-16-8-6-15/h2-4,9H,5-8,10H2,1H3. The number of ether oxygens (including phenoxy) is 1. The summed E-state index contributed by atoms with van der Waals surface area (Å²) in [5.41, 5.74) is 2.23. The molecule has 3 heteroatoms. The van der Waals surface area contributed by atoms with E-state index in [1.165, 1.54) is 10.9 Å². The van der Waals surface area contributed by atoms with Crippen molar-refractivity contribution in [3.63, 3.8) is 0 Å². The Morgan fingerprint density at radius 3 is 2.82 bits per heavy atom. The molecule has 0 atom stereocenters. The fourth-order valence-electron chi connectivity index (χ4n) is 2.32. The number of furan rings is 1. The number of hydrogen-bond acceptors (Lipinski definition) is 3. The van der Waals surface area contributed by atoms with Crippen LogP contribution in [-0.4, -0.2) is 31.2 Å². The zero-order chi connectivity index (χ0) is 11.7. The number of benzene rings is 1. The molecule has 0 radical (unpaired) electrons. The van der Waals surface area contributed by atoms with Crippen LogP contribution in [0, 0.1) is 6.92 Å². The average Bonchev–Trinajstić information content (AvgIpc) is 2.74. The van der Waals surface area contributed by atoms with Crippen LogP contribution in [0.25, 0.3) is 11.0 Å². The van der Waals surface area contributed by atoms with E-state index >= 15 is 0 Å². The van der Waals surface area contributed by atoms with Gasteiger partial charge in [0.15, 0.2) is 0 Å². The fraction of sp³-hybridized carbons (Fsp3) is 0.429. The van der Waals surface area contributed by atoms with Gasteiger partial charge in [-0.05, 0) is 18.6 Å². The summed E-state index contributed by atoms with van der Waals surface area (Å²) in [7, 11) is 0. The van der Waals surface area contributed by atoms with Gasteiger partial charge in [0.05, 0.1) is 19.8 Å². The molecule has 0 spiro atoms. The first-order valence-corrected chi connectivity index (χ1v) is 6.11. The minimum atomic E-state index is 0.833. The molecule has 1 aliphatic rings. The van der Waals surface area contributed by atoms with Gasteiger partial charge >= 0.3 is 0 Å². The van der Waals surface area contributed by atoms with E-state index in [1.807, 2.05) is 0 Å². The van der Waals surface area contributed by atoms with Crippen LogP contribution in [0.15, 0.2) is 28.7 Å². The van der Waals surface area contributed by atoms with Gasteiger partial charge in [-0.15, -0.1) is 0 Å². The number of nitrogens with zero attached hydrogens (tertiary/aromatic N) is 1. The van der Waals surface area contributed by atoms with Crippen LogP contribution in [0.5, 0.6) is 0 Å². The molecule has 1 fully saturated rings. The normalized spacial score (nSPS) is 17.7. The molecule has 0 unspecified atom stereocenters. The highest BCUT2D eigenvalue weighted by molar-refractivity contribution is 5.80. The van der Waals surface area contributed by atoms with Gasteiger partial charge in [0, 0.05) is 18.5 Å². The molecule has 0 aliphatic carbocycles. The number of para-hydroxylation sites is 1. The Hall–Kier alpha value is -1.32. The van der Waals surface area contributed by atoms with Crippen LogP contribution in [0.3, 0.4) is 0 Å². The van der Waals surface area contributed by atoms with Crippen LogP contribution in [-0.2, 0) is 11.3 Å². The number of rotatable bonds is 2. The average molecular weight is 231 g/mol. The summed E-state index contributed by atoms with van der Waals surface area (Å²) in [5.74, 6) is 1.05. The second-order valence-electron chi connectivity index (χ2n) is 4.59. The topological polar surface area (TPSA) is 25.6 Å². The lowest BCUT2D eigenvalue weighted by Crippen LogP contribution is -2.35. The Morgan fingerprint density at radius 2 is 2.06 bits per heavy atom. The Morgan fingerprint density at radius 1 is 1.24 bits per heavy atom. The summed E-state index contributed by atoms with van der Waals surface area (Å²) in [5, 5.41) is 1.20. The summed E-state index contributed by atoms with van der Waals surface area (Å²) in [4.78, 5) is 2.37. The lowest BCUT2D eigenvalue weighted by molar-refractivity contribution is 0.0315. The van der Waals surface area contributed by atoms with Gasteiger partial charge in [-0.2, -0.15) is 0 Å². The Kier molecular flexibility index (Phi) is 2.87. The van der Waals surface area contributed by atoms with Gasteiger partial charge in [-0.1, -0.05) is 18.2 Å². The van der Waals surface area contributed by atoms with Crippen LogP contribution in [0.4, 0.5) is 0 Å². The van der Waals surface area contributed by atoms with Crippen molar-refractivity contribution in [2.24, 2.45) is 0 Å². The lowest BCUT2D eigenvalue weighted by atomic mass is 10.2. The van der Waals surface area contributed by atoms with Gasteiger partial charge in [0.25, 0.3) is 0 Å². The molecule has 1 saturated heterocycles. The predicted molar refractivity (Wildman–Crippen MR) is 67.0 cm³/mol. The smallest absolute Gasteiger partial charge is 0.137 e. The summed E-state index contributed by atoms with van der Waals surface area (Å²) in [6, 6.07) is 8.42. The van der Waals surface area contributed by atoms with Crippen LogP contribution in [0.2, 0.25) is 0 Å². The van der Waals surface area contributed by atoms with E-state index < -0.39 is 0 Å². The third kappa shape index (κ3) is 2.21. The third-order valence-electron chi connectivity index (χ3n) is 3.28. The van der Waals surface area contributed by atoms with Crippen LogP contribution < -0.4 is 0 Å². The van der Waals surface area contributed by atoms with Crippen LogP contribution >= 0.6 is 0 Å². The highest BCUT2D eigenvalue weighted by Gasteiger charge is 2.13. The summed E-state index contributed by atoms with van der Waals surface area (Å²) in [6.07, 6.45) is 0. The van der Waals surface area contributed by atoms with Crippen molar-refractivity contribution in [3.05, 3.63) is 35.6 Å². The minimum Gasteiger partial charge on any atom is -0.459 e. The molecule has 0 amide bonds. The molecule has 90 valence electrons. The summed E-state index contributed by atoms with van der Waals surface area (Å²) >= 11 is 0. The molecule has 1 aromatic heterocycles. The maximum atomic E-state index is 5.92. The molecule has 3 rings (SSSR count). The largest absolute Gasteiger partial charge is 0.459 e. The fourth-order valence-corrected chi connectivity index (χ4v) is 2.32. The van der Waals surface area contributed by atoms with E-state index in [1.54, 1.807) is 0 Å². The molecular weight excluding hydrogens is 214 g/mol. The van der Waals surface area contributed by atoms with Gasteiger partial charge in [-0.3, -0.25) is 4.90 Å². The maximum absolute atomic E-state index is 5.92. The van der Waals surface area contributed by atoms with E-state index in [4.69, 9.17) is 9.15 Å². The van der Waals surface area contributed by atoms with E-state index in [9.17, 15) is 0 Å². The summed E-state index contributed by atoms with van der Waals surface area (Å²) in [6.45, 7) is 6.63. The predicted octanol–water partition coefficient (Wildman–Crippen LogP) is 2.57. The summed E-state index contributed by atoms with van der Waals surface area (Å²) < 4.78 is 11.3. The SMILES string of the molecule is Cc1cccc2cc(CN3CCOCC3)oc12. The Labute approximate surface area is 101 Å². The first-order chi connectivity index (χ1) is 8.33. The van der Waals surface area contributed by atoms with Crippen LogP contribution in [0.1, 0.15) is 11.3 Å². The number of hydrogen-bond donors (Lipinski definition) is 0. The van der Waals surface area contributed by atoms with Gasteiger partial charge in [0.1, 0.15) is 11.3 Å². The number of aryl methyl sites for hydroxylation is 1. The molecule has 1 aliphatic heterocycles. The van der Waals surface area contributed by atoms with Crippen molar-refractivity contribution in [2.45, 2.75) is 13.5 Å². The monoisotopic (exact) mass is 231 g/mol. The second-order valence-corrected chi connectivity index (χ2v) is 4.59. The van der Waals surface area contributed by atoms with Crippen molar-refractivity contribution in [1.82, 2.24) is 4.90 Å². The first-order valence-electron chi connectivity index (χ1n) is 6.11. The second kappa shape index (κ2) is 4.51. The number of morpholine rings is 1. The Bertz CT molecular complexity index is 512. The molecule has 2 aromatic rings. The van der Waals surface area contributed by atoms with Crippen molar-refractivity contribution >= 4 is 11.0 Å². The third-order valence-corrected chi connectivity index (χ3v) is 3.28. The van der Waals surface area contributed by atoms with E-state index in [-0.39, 0.29) is 0 Å². The maximum Gasteiger partial charge on any atom is 0.137 e. The Balaban J connectivity index is 1.83.